The molecule has 5 heteroatoms. The van der Waals surface area contributed by atoms with Gasteiger partial charge in [0.2, 0.25) is 0 Å². The van der Waals surface area contributed by atoms with Crippen LogP contribution >= 0.6 is 0 Å². The van der Waals surface area contributed by atoms with E-state index in [4.69, 9.17) is 9.57 Å². The lowest BCUT2D eigenvalue weighted by atomic mass is 10.0. The molecule has 2 N–H and O–H groups in total. The Kier molecular flexibility index (Phi) is 5.34. The van der Waals surface area contributed by atoms with Crippen molar-refractivity contribution in [2.45, 2.75) is 25.3 Å². The number of ether oxygens (including phenoxy) is 1. The Bertz CT molecular complexity index is 794. The maximum Gasteiger partial charge on any atom is 0.324 e. The summed E-state index contributed by atoms with van der Waals surface area (Å²) in [7, 11) is 0. The molecule has 27 heavy (non-hydrogen) atoms. The number of piperidine rings is 1. The van der Waals surface area contributed by atoms with Crippen LogP contribution < -0.4 is 10.8 Å². The van der Waals surface area contributed by atoms with Crippen molar-refractivity contribution >= 4 is 5.97 Å². The average Bonchev–Trinajstić information content (AvgIpc) is 3.39. The molecule has 2 aromatic carbocycles. The van der Waals surface area contributed by atoms with Crippen LogP contribution in [-0.2, 0) is 27.6 Å². The summed E-state index contributed by atoms with van der Waals surface area (Å²) in [6.07, 6.45) is 0. The smallest absolute Gasteiger partial charge is 0.324 e. The van der Waals surface area contributed by atoms with Crippen molar-refractivity contribution in [2.24, 2.45) is 11.8 Å². The molecule has 0 amide bonds. The van der Waals surface area contributed by atoms with Crippen LogP contribution in [0.4, 0.5) is 0 Å². The molecule has 140 valence electrons. The first-order valence-electron chi connectivity index (χ1n) is 9.28. The van der Waals surface area contributed by atoms with Crippen LogP contribution in [0.25, 0.3) is 0 Å². The molecule has 2 aliphatic rings. The third kappa shape index (κ3) is 4.11. The summed E-state index contributed by atoms with van der Waals surface area (Å²) in [5.41, 5.74) is 6.32. The van der Waals surface area contributed by atoms with Crippen molar-refractivity contribution in [1.82, 2.24) is 10.8 Å². The van der Waals surface area contributed by atoms with Crippen LogP contribution in [0.2, 0.25) is 0 Å². The molecule has 0 bridgehead atoms. The first-order chi connectivity index (χ1) is 13.2. The van der Waals surface area contributed by atoms with E-state index in [9.17, 15) is 4.79 Å². The van der Waals surface area contributed by atoms with Crippen molar-refractivity contribution in [3.05, 3.63) is 83.9 Å². The molecule has 4 rings (SSSR count). The van der Waals surface area contributed by atoms with Gasteiger partial charge in [0.05, 0.1) is 12.6 Å². The minimum absolute atomic E-state index is 0.111. The molecule has 2 fully saturated rings. The minimum atomic E-state index is -0.321. The van der Waals surface area contributed by atoms with E-state index in [1.54, 1.807) is 0 Å². The van der Waals surface area contributed by atoms with Gasteiger partial charge in [-0.2, -0.15) is 5.48 Å². The number of hydroxylamine groups is 1. The summed E-state index contributed by atoms with van der Waals surface area (Å²) < 4.78 is 5.49. The molecule has 1 aliphatic heterocycles. The Labute approximate surface area is 159 Å². The van der Waals surface area contributed by atoms with Gasteiger partial charge in [-0.1, -0.05) is 72.8 Å². The van der Waals surface area contributed by atoms with Gasteiger partial charge in [-0.15, -0.1) is 0 Å². The number of carbonyl (C=O) groups excluding carboxylic acids is 1. The quantitative estimate of drug-likeness (QED) is 0.449. The van der Waals surface area contributed by atoms with Crippen molar-refractivity contribution in [3.63, 3.8) is 0 Å². The van der Waals surface area contributed by atoms with Crippen LogP contribution in [0.5, 0.6) is 0 Å². The van der Waals surface area contributed by atoms with Gasteiger partial charge in [-0.05, 0) is 11.1 Å². The number of rotatable bonds is 7. The first-order valence-corrected chi connectivity index (χ1v) is 9.28. The van der Waals surface area contributed by atoms with Gasteiger partial charge in [0, 0.05) is 18.4 Å². The molecule has 0 radical (unpaired) electrons. The highest BCUT2D eigenvalue weighted by atomic mass is 16.6. The number of hydrogen-bond donors (Lipinski definition) is 2. The highest BCUT2D eigenvalue weighted by molar-refractivity contribution is 5.78. The van der Waals surface area contributed by atoms with E-state index >= 15 is 0 Å². The van der Waals surface area contributed by atoms with E-state index in [1.165, 1.54) is 0 Å². The summed E-state index contributed by atoms with van der Waals surface area (Å²) in [6, 6.07) is 19.5. The predicted octanol–water partition coefficient (Wildman–Crippen LogP) is 2.59. The van der Waals surface area contributed by atoms with Crippen LogP contribution in [0.15, 0.2) is 72.8 Å². The zero-order valence-electron chi connectivity index (χ0n) is 15.1. The monoisotopic (exact) mass is 364 g/mol. The zero-order chi connectivity index (χ0) is 18.6. The lowest BCUT2D eigenvalue weighted by Crippen LogP contribution is -2.52. The molecule has 2 aromatic rings. The van der Waals surface area contributed by atoms with Gasteiger partial charge in [0.15, 0.2) is 0 Å². The third-order valence-corrected chi connectivity index (χ3v) is 5.28. The molecular formula is C22H24N2O3. The van der Waals surface area contributed by atoms with E-state index in [-0.39, 0.29) is 29.9 Å². The highest BCUT2D eigenvalue weighted by Gasteiger charge is 2.57. The van der Waals surface area contributed by atoms with Crippen molar-refractivity contribution in [3.8, 4) is 0 Å². The van der Waals surface area contributed by atoms with Gasteiger partial charge in [-0.25, -0.2) is 0 Å². The van der Waals surface area contributed by atoms with Gasteiger partial charge < -0.3 is 10.1 Å². The summed E-state index contributed by atoms with van der Waals surface area (Å²) >= 11 is 0. The summed E-state index contributed by atoms with van der Waals surface area (Å²) in [4.78, 5) is 18.1. The lowest BCUT2D eigenvalue weighted by molar-refractivity contribution is -0.149. The Morgan fingerprint density at radius 2 is 1.63 bits per heavy atom. The summed E-state index contributed by atoms with van der Waals surface area (Å²) in [6.45, 7) is 5.57. The van der Waals surface area contributed by atoms with Crippen molar-refractivity contribution in [1.29, 1.82) is 0 Å². The Balaban J connectivity index is 1.26. The summed E-state index contributed by atoms with van der Waals surface area (Å²) in [5, 5.41) is 3.30. The molecule has 1 heterocycles. The van der Waals surface area contributed by atoms with E-state index in [1.807, 2.05) is 60.7 Å². The Morgan fingerprint density at radius 3 is 2.30 bits per heavy atom. The maximum absolute atomic E-state index is 12.5. The topological polar surface area (TPSA) is 59.6 Å². The maximum atomic E-state index is 12.5. The van der Waals surface area contributed by atoms with Gasteiger partial charge in [0.25, 0.3) is 0 Å². The predicted molar refractivity (Wildman–Crippen MR) is 102 cm³/mol. The molecule has 1 saturated heterocycles. The van der Waals surface area contributed by atoms with E-state index in [0.717, 1.165) is 16.7 Å². The summed E-state index contributed by atoms with van der Waals surface area (Å²) in [5.74, 6) is 0.146. The van der Waals surface area contributed by atoms with Gasteiger partial charge in [-0.3, -0.25) is 9.63 Å². The first kappa shape index (κ1) is 17.9. The van der Waals surface area contributed by atoms with E-state index in [2.05, 4.69) is 17.4 Å². The number of carbonyl (C=O) groups is 1. The molecule has 1 aliphatic carbocycles. The minimum Gasteiger partial charge on any atom is -0.460 e. The molecule has 4 unspecified atom stereocenters. The van der Waals surface area contributed by atoms with E-state index in [0.29, 0.717) is 19.8 Å². The van der Waals surface area contributed by atoms with Crippen molar-refractivity contribution < 1.29 is 14.4 Å². The number of hydrogen-bond acceptors (Lipinski definition) is 5. The molecule has 0 aromatic heterocycles. The molecule has 4 atom stereocenters. The van der Waals surface area contributed by atoms with Crippen LogP contribution in [0.1, 0.15) is 11.1 Å². The largest absolute Gasteiger partial charge is 0.460 e. The standard InChI is InChI=1S/C22H24N2O3/c1-15-19-18(24-27-14-17-10-6-3-7-11-17)12-23-21(20(15)19)22(25)26-13-16-8-4-2-5-9-16/h2-11,18-21,23-24H,1,12-14H2. The van der Waals surface area contributed by atoms with E-state index < -0.39 is 0 Å². The second kappa shape index (κ2) is 8.05. The SMILES string of the molecule is C=C1C2C(NOCc3ccccc3)CNC(C(=O)OCc3ccccc3)C12. The number of esters is 1. The number of fused-ring (bicyclic) bond motifs is 1. The van der Waals surface area contributed by atoms with Crippen molar-refractivity contribution in [2.75, 3.05) is 6.54 Å². The van der Waals surface area contributed by atoms with Crippen LogP contribution in [0, 0.1) is 11.8 Å². The second-order valence-corrected chi connectivity index (χ2v) is 7.10. The van der Waals surface area contributed by atoms with Gasteiger partial charge in [0.1, 0.15) is 12.6 Å². The van der Waals surface area contributed by atoms with Gasteiger partial charge >= 0.3 is 5.97 Å². The second-order valence-electron chi connectivity index (χ2n) is 7.10. The fourth-order valence-electron chi connectivity index (χ4n) is 3.77. The normalized spacial score (nSPS) is 26.3. The zero-order valence-corrected chi connectivity index (χ0v) is 15.1. The Hall–Kier alpha value is -2.47. The third-order valence-electron chi connectivity index (χ3n) is 5.28. The molecule has 5 nitrogen and oxygen atoms in total. The average molecular weight is 364 g/mol. The lowest BCUT2D eigenvalue weighted by Gasteiger charge is -2.27. The van der Waals surface area contributed by atoms with Crippen LogP contribution in [0.3, 0.4) is 0 Å². The Morgan fingerprint density at radius 1 is 1.00 bits per heavy atom. The number of nitrogens with one attached hydrogen (secondary N) is 2. The molecule has 0 spiro atoms. The molecular weight excluding hydrogens is 340 g/mol. The molecule has 1 saturated carbocycles. The fourth-order valence-corrected chi connectivity index (χ4v) is 3.77. The fraction of sp³-hybridized carbons (Fsp3) is 0.318. The highest BCUT2D eigenvalue weighted by Crippen LogP contribution is 2.51. The van der Waals surface area contributed by atoms with Crippen LogP contribution in [-0.4, -0.2) is 24.6 Å². The number of benzene rings is 2.